The van der Waals surface area contributed by atoms with E-state index < -0.39 is 0 Å². The molecule has 0 aliphatic heterocycles. The summed E-state index contributed by atoms with van der Waals surface area (Å²) in [4.78, 5) is 0. The van der Waals surface area contributed by atoms with Crippen LogP contribution >= 0.6 is 0 Å². The fraction of sp³-hybridized carbons (Fsp3) is 0.538. The van der Waals surface area contributed by atoms with E-state index in [0.717, 1.165) is 11.3 Å². The molecule has 4 nitrogen and oxygen atoms in total. The van der Waals surface area contributed by atoms with Gasteiger partial charge in [-0.1, -0.05) is 12.1 Å². The van der Waals surface area contributed by atoms with Crippen molar-refractivity contribution in [2.75, 3.05) is 27.4 Å². The Morgan fingerprint density at radius 3 is 2.65 bits per heavy atom. The molecule has 0 bridgehead atoms. The SMILES string of the molecule is COCC(C)OC(CN)c1cccc(OC)c1. The number of hydrogen-bond donors (Lipinski definition) is 1. The molecule has 1 aromatic rings. The van der Waals surface area contributed by atoms with E-state index in [2.05, 4.69) is 0 Å². The van der Waals surface area contributed by atoms with Crippen molar-refractivity contribution in [3.63, 3.8) is 0 Å². The van der Waals surface area contributed by atoms with Crippen LogP contribution in [0.1, 0.15) is 18.6 Å². The van der Waals surface area contributed by atoms with Crippen LogP contribution in [0.4, 0.5) is 0 Å². The molecule has 0 aromatic heterocycles. The van der Waals surface area contributed by atoms with Gasteiger partial charge in [-0.3, -0.25) is 0 Å². The van der Waals surface area contributed by atoms with Crippen LogP contribution in [-0.2, 0) is 9.47 Å². The van der Waals surface area contributed by atoms with Crippen molar-refractivity contribution >= 4 is 0 Å². The second-order valence-electron chi connectivity index (χ2n) is 3.90. The predicted octanol–water partition coefficient (Wildman–Crippen LogP) is 1.75. The maximum Gasteiger partial charge on any atom is 0.119 e. The largest absolute Gasteiger partial charge is 0.497 e. The number of nitrogens with two attached hydrogens (primary N) is 1. The lowest BCUT2D eigenvalue weighted by atomic mass is 10.1. The Hall–Kier alpha value is -1.10. The van der Waals surface area contributed by atoms with E-state index >= 15 is 0 Å². The zero-order valence-corrected chi connectivity index (χ0v) is 10.7. The van der Waals surface area contributed by atoms with Crippen LogP contribution in [0, 0.1) is 0 Å². The van der Waals surface area contributed by atoms with E-state index in [1.54, 1.807) is 14.2 Å². The number of rotatable bonds is 7. The highest BCUT2D eigenvalue weighted by Gasteiger charge is 2.14. The average molecular weight is 239 g/mol. The summed E-state index contributed by atoms with van der Waals surface area (Å²) in [5, 5.41) is 0. The van der Waals surface area contributed by atoms with Gasteiger partial charge < -0.3 is 19.9 Å². The van der Waals surface area contributed by atoms with E-state index in [0.29, 0.717) is 13.2 Å². The zero-order valence-electron chi connectivity index (χ0n) is 10.7. The van der Waals surface area contributed by atoms with Gasteiger partial charge in [-0.2, -0.15) is 0 Å². The molecule has 0 fully saturated rings. The molecule has 2 unspecified atom stereocenters. The van der Waals surface area contributed by atoms with Crippen LogP contribution in [0.15, 0.2) is 24.3 Å². The van der Waals surface area contributed by atoms with Gasteiger partial charge in [-0.25, -0.2) is 0 Å². The van der Waals surface area contributed by atoms with E-state index in [4.69, 9.17) is 19.9 Å². The number of ether oxygens (including phenoxy) is 3. The molecule has 2 atom stereocenters. The quantitative estimate of drug-likeness (QED) is 0.787. The summed E-state index contributed by atoms with van der Waals surface area (Å²) in [6, 6.07) is 7.76. The molecule has 0 spiro atoms. The molecule has 0 amide bonds. The van der Waals surface area contributed by atoms with Crippen LogP contribution in [0.25, 0.3) is 0 Å². The Balaban J connectivity index is 2.71. The number of hydrogen-bond acceptors (Lipinski definition) is 4. The fourth-order valence-corrected chi connectivity index (χ4v) is 1.67. The molecule has 2 N–H and O–H groups in total. The highest BCUT2D eigenvalue weighted by Crippen LogP contribution is 2.22. The monoisotopic (exact) mass is 239 g/mol. The Morgan fingerprint density at radius 1 is 1.29 bits per heavy atom. The first-order chi connectivity index (χ1) is 8.21. The smallest absolute Gasteiger partial charge is 0.119 e. The Labute approximate surface area is 103 Å². The van der Waals surface area contributed by atoms with Crippen molar-refractivity contribution in [2.24, 2.45) is 5.73 Å². The first-order valence-corrected chi connectivity index (χ1v) is 5.69. The molecule has 1 rings (SSSR count). The Morgan fingerprint density at radius 2 is 2.06 bits per heavy atom. The Kier molecular flexibility index (Phi) is 5.97. The van der Waals surface area contributed by atoms with Gasteiger partial charge in [-0.15, -0.1) is 0 Å². The van der Waals surface area contributed by atoms with Gasteiger partial charge >= 0.3 is 0 Å². The molecular weight excluding hydrogens is 218 g/mol. The average Bonchev–Trinajstić information content (AvgIpc) is 2.36. The fourth-order valence-electron chi connectivity index (χ4n) is 1.67. The summed E-state index contributed by atoms with van der Waals surface area (Å²) in [6.45, 7) is 2.95. The molecule has 0 aliphatic carbocycles. The minimum absolute atomic E-state index is 0.0137. The van der Waals surface area contributed by atoms with Gasteiger partial charge in [0.2, 0.25) is 0 Å². The lowest BCUT2D eigenvalue weighted by Crippen LogP contribution is -2.23. The minimum Gasteiger partial charge on any atom is -0.497 e. The minimum atomic E-state index is -0.129. The van der Waals surface area contributed by atoms with Crippen molar-refractivity contribution in [1.82, 2.24) is 0 Å². The highest BCUT2D eigenvalue weighted by atomic mass is 16.5. The summed E-state index contributed by atoms with van der Waals surface area (Å²) >= 11 is 0. The van der Waals surface area contributed by atoms with E-state index in [1.165, 1.54) is 0 Å². The zero-order chi connectivity index (χ0) is 12.7. The molecule has 0 saturated heterocycles. The lowest BCUT2D eigenvalue weighted by molar-refractivity contribution is -0.0362. The van der Waals surface area contributed by atoms with Crippen LogP contribution in [0.5, 0.6) is 5.75 Å². The third-order valence-electron chi connectivity index (χ3n) is 2.48. The molecule has 96 valence electrons. The van der Waals surface area contributed by atoms with Gasteiger partial charge in [0.15, 0.2) is 0 Å². The first kappa shape index (κ1) is 14.0. The summed E-state index contributed by atoms with van der Waals surface area (Å²) in [5.74, 6) is 0.809. The van der Waals surface area contributed by atoms with E-state index in [1.807, 2.05) is 31.2 Å². The topological polar surface area (TPSA) is 53.7 Å². The third-order valence-corrected chi connectivity index (χ3v) is 2.48. The van der Waals surface area contributed by atoms with Crippen molar-refractivity contribution in [3.05, 3.63) is 29.8 Å². The molecule has 4 heteroatoms. The number of benzene rings is 1. The summed E-state index contributed by atoms with van der Waals surface area (Å²) in [6.07, 6.45) is -0.116. The normalized spacial score (nSPS) is 14.4. The van der Waals surface area contributed by atoms with E-state index in [9.17, 15) is 0 Å². The molecule has 0 radical (unpaired) electrons. The van der Waals surface area contributed by atoms with Crippen LogP contribution in [0.2, 0.25) is 0 Å². The number of methoxy groups -OCH3 is 2. The van der Waals surface area contributed by atoms with Crippen molar-refractivity contribution < 1.29 is 14.2 Å². The predicted molar refractivity (Wildman–Crippen MR) is 67.2 cm³/mol. The third kappa shape index (κ3) is 4.34. The second kappa shape index (κ2) is 7.27. The van der Waals surface area contributed by atoms with Gasteiger partial charge in [0.25, 0.3) is 0 Å². The summed E-state index contributed by atoms with van der Waals surface area (Å²) in [5.41, 5.74) is 6.76. The van der Waals surface area contributed by atoms with Crippen LogP contribution < -0.4 is 10.5 Å². The molecule has 0 heterocycles. The molecule has 0 saturated carbocycles. The van der Waals surface area contributed by atoms with Crippen molar-refractivity contribution in [2.45, 2.75) is 19.1 Å². The lowest BCUT2D eigenvalue weighted by Gasteiger charge is -2.21. The van der Waals surface area contributed by atoms with Crippen LogP contribution in [0.3, 0.4) is 0 Å². The van der Waals surface area contributed by atoms with Crippen molar-refractivity contribution in [1.29, 1.82) is 0 Å². The standard InChI is InChI=1S/C13H21NO3/c1-10(9-15-2)17-13(8-14)11-5-4-6-12(7-11)16-3/h4-7,10,13H,8-9,14H2,1-3H3. The summed E-state index contributed by atoms with van der Waals surface area (Å²) in [7, 11) is 3.30. The highest BCUT2D eigenvalue weighted by molar-refractivity contribution is 5.30. The van der Waals surface area contributed by atoms with E-state index in [-0.39, 0.29) is 12.2 Å². The van der Waals surface area contributed by atoms with Gasteiger partial charge in [0, 0.05) is 13.7 Å². The molecular formula is C13H21NO3. The van der Waals surface area contributed by atoms with Gasteiger partial charge in [0.05, 0.1) is 25.9 Å². The maximum absolute atomic E-state index is 5.82. The summed E-state index contributed by atoms with van der Waals surface area (Å²) < 4.78 is 16.0. The van der Waals surface area contributed by atoms with Crippen LogP contribution in [-0.4, -0.2) is 33.5 Å². The maximum atomic E-state index is 5.82. The Bertz CT molecular complexity index is 330. The molecule has 17 heavy (non-hydrogen) atoms. The van der Waals surface area contributed by atoms with Gasteiger partial charge in [0.1, 0.15) is 5.75 Å². The van der Waals surface area contributed by atoms with Gasteiger partial charge in [-0.05, 0) is 24.6 Å². The molecule has 0 aliphatic rings. The van der Waals surface area contributed by atoms with Crippen molar-refractivity contribution in [3.8, 4) is 5.75 Å². The molecule has 1 aromatic carbocycles. The second-order valence-corrected chi connectivity index (χ2v) is 3.90. The first-order valence-electron chi connectivity index (χ1n) is 5.69.